The maximum Gasteiger partial charge on any atom is 0.243 e. The first kappa shape index (κ1) is 14.4. The number of hydrogen-bond donors (Lipinski definition) is 2. The predicted molar refractivity (Wildman–Crippen MR) is 78.1 cm³/mol. The summed E-state index contributed by atoms with van der Waals surface area (Å²) >= 11 is 1.74. The van der Waals surface area contributed by atoms with Crippen molar-refractivity contribution in [2.75, 3.05) is 25.5 Å². The van der Waals surface area contributed by atoms with Crippen LogP contribution in [0.1, 0.15) is 12.5 Å². The molecule has 1 unspecified atom stereocenters. The Morgan fingerprint density at radius 2 is 2.16 bits per heavy atom. The maximum atomic E-state index is 12.0. The molecule has 1 aliphatic rings. The van der Waals surface area contributed by atoms with Gasteiger partial charge in [0.25, 0.3) is 0 Å². The first-order valence-corrected chi connectivity index (χ1v) is 7.53. The molecule has 19 heavy (non-hydrogen) atoms. The van der Waals surface area contributed by atoms with Gasteiger partial charge < -0.3 is 10.5 Å². The number of carbonyl (C=O) groups is 1. The largest absolute Gasteiger partial charge is 0.379 e. The highest BCUT2D eigenvalue weighted by molar-refractivity contribution is 8.00. The average molecular weight is 280 g/mol. The van der Waals surface area contributed by atoms with Crippen molar-refractivity contribution in [3.8, 4) is 0 Å². The molecule has 0 aromatic heterocycles. The van der Waals surface area contributed by atoms with Crippen molar-refractivity contribution < 1.29 is 9.53 Å². The summed E-state index contributed by atoms with van der Waals surface area (Å²) in [7, 11) is 0. The summed E-state index contributed by atoms with van der Waals surface area (Å²) in [6.45, 7) is 4.21. The van der Waals surface area contributed by atoms with Crippen LogP contribution in [0.4, 0.5) is 0 Å². The van der Waals surface area contributed by atoms with Crippen LogP contribution in [0.5, 0.6) is 0 Å². The molecule has 0 saturated carbocycles. The number of nitrogens with one attached hydrogen (secondary N) is 1. The van der Waals surface area contributed by atoms with Gasteiger partial charge in [-0.1, -0.05) is 37.3 Å². The molecular formula is C14H20N2O2S. The minimum Gasteiger partial charge on any atom is -0.379 e. The summed E-state index contributed by atoms with van der Waals surface area (Å²) in [4.78, 5) is 12.0. The van der Waals surface area contributed by atoms with Gasteiger partial charge in [-0.2, -0.15) is 11.8 Å². The zero-order chi connectivity index (χ0) is 13.7. The van der Waals surface area contributed by atoms with Gasteiger partial charge in [-0.25, -0.2) is 0 Å². The van der Waals surface area contributed by atoms with E-state index in [1.54, 1.807) is 11.8 Å². The Hall–Kier alpha value is -1.04. The Bertz CT molecular complexity index is 423. The summed E-state index contributed by atoms with van der Waals surface area (Å²) in [6, 6.07) is 9.70. The molecule has 0 bridgehead atoms. The number of thioether (sulfide) groups is 1. The molecule has 0 radical (unpaired) electrons. The third-order valence-corrected chi connectivity index (χ3v) is 4.65. The zero-order valence-electron chi connectivity index (χ0n) is 11.1. The summed E-state index contributed by atoms with van der Waals surface area (Å²) in [5.74, 6) is 0.307. The van der Waals surface area contributed by atoms with Crippen molar-refractivity contribution >= 4 is 17.7 Å². The van der Waals surface area contributed by atoms with E-state index in [1.165, 1.54) is 0 Å². The van der Waals surface area contributed by atoms with E-state index < -0.39 is 5.54 Å². The number of likely N-dealkylation sites (N-methyl/N-ethyl adjacent to an activating group) is 1. The van der Waals surface area contributed by atoms with E-state index >= 15 is 0 Å². The Morgan fingerprint density at radius 3 is 2.63 bits per heavy atom. The summed E-state index contributed by atoms with van der Waals surface area (Å²) in [5.41, 5.74) is 5.82. The molecule has 0 aliphatic carbocycles. The average Bonchev–Trinajstić information content (AvgIpc) is 2.36. The van der Waals surface area contributed by atoms with Crippen molar-refractivity contribution in [2.24, 2.45) is 5.73 Å². The van der Waals surface area contributed by atoms with Gasteiger partial charge in [-0.05, 0) is 12.1 Å². The molecule has 1 heterocycles. The van der Waals surface area contributed by atoms with Crippen LogP contribution in [0.15, 0.2) is 30.3 Å². The lowest BCUT2D eigenvalue weighted by atomic mass is 9.91. The molecule has 1 aromatic rings. The molecule has 3 N–H and O–H groups in total. The van der Waals surface area contributed by atoms with Gasteiger partial charge in [0.2, 0.25) is 5.91 Å². The van der Waals surface area contributed by atoms with Gasteiger partial charge in [0.05, 0.1) is 18.5 Å². The quantitative estimate of drug-likeness (QED) is 0.785. The molecule has 104 valence electrons. The van der Waals surface area contributed by atoms with Crippen LogP contribution in [0.25, 0.3) is 0 Å². The lowest BCUT2D eigenvalue weighted by molar-refractivity contribution is -0.123. The Balaban J connectivity index is 2.21. The first-order chi connectivity index (χ1) is 9.19. The number of primary amides is 1. The van der Waals surface area contributed by atoms with E-state index in [0.717, 1.165) is 18.8 Å². The van der Waals surface area contributed by atoms with Gasteiger partial charge in [0.1, 0.15) is 5.54 Å². The molecule has 0 spiro atoms. The number of carbonyl (C=O) groups excluding carboxylic acids is 1. The Kier molecular flexibility index (Phi) is 4.85. The minimum absolute atomic E-state index is 0.326. The number of nitrogens with two attached hydrogens (primary N) is 1. The molecule has 1 saturated heterocycles. The molecule has 2 rings (SSSR count). The normalized spacial score (nSPS) is 18.6. The fourth-order valence-electron chi connectivity index (χ4n) is 2.11. The number of amides is 1. The molecule has 1 aliphatic heterocycles. The van der Waals surface area contributed by atoms with E-state index in [1.807, 2.05) is 37.3 Å². The number of hydrogen-bond acceptors (Lipinski definition) is 4. The second-order valence-electron chi connectivity index (χ2n) is 4.64. The van der Waals surface area contributed by atoms with E-state index in [-0.39, 0.29) is 5.91 Å². The maximum absolute atomic E-state index is 12.0. The third kappa shape index (κ3) is 3.11. The third-order valence-electron chi connectivity index (χ3n) is 3.31. The monoisotopic (exact) mass is 280 g/mol. The molecule has 1 atom stereocenters. The highest BCUT2D eigenvalue weighted by Crippen LogP contribution is 2.30. The van der Waals surface area contributed by atoms with Gasteiger partial charge >= 0.3 is 0 Å². The van der Waals surface area contributed by atoms with Crippen molar-refractivity contribution in [1.82, 2.24) is 5.32 Å². The van der Waals surface area contributed by atoms with Crippen molar-refractivity contribution in [3.05, 3.63) is 35.9 Å². The summed E-state index contributed by atoms with van der Waals surface area (Å²) in [6.07, 6.45) is 0. The van der Waals surface area contributed by atoms with Crippen LogP contribution in [-0.2, 0) is 15.1 Å². The van der Waals surface area contributed by atoms with Crippen molar-refractivity contribution in [1.29, 1.82) is 0 Å². The lowest BCUT2D eigenvalue weighted by Gasteiger charge is -2.35. The van der Waals surface area contributed by atoms with Crippen LogP contribution in [0, 0.1) is 0 Å². The lowest BCUT2D eigenvalue weighted by Crippen LogP contribution is -2.55. The van der Waals surface area contributed by atoms with Crippen LogP contribution in [0.2, 0.25) is 0 Å². The van der Waals surface area contributed by atoms with E-state index in [4.69, 9.17) is 10.5 Å². The number of rotatable bonds is 7. The molecular weight excluding hydrogens is 260 g/mol. The van der Waals surface area contributed by atoms with Crippen molar-refractivity contribution in [3.63, 3.8) is 0 Å². The van der Waals surface area contributed by atoms with Gasteiger partial charge in [-0.15, -0.1) is 0 Å². The molecule has 1 amide bonds. The molecule has 5 heteroatoms. The number of ether oxygens (including phenoxy) is 1. The standard InChI is InChI=1S/C14H20N2O2S/c1-2-16-14(13(15)17,10-19-12-8-18-9-12)11-6-4-3-5-7-11/h3-7,12,16H,2,8-10H2,1H3,(H2,15,17). The Morgan fingerprint density at radius 1 is 1.47 bits per heavy atom. The molecule has 4 nitrogen and oxygen atoms in total. The van der Waals surface area contributed by atoms with E-state index in [2.05, 4.69) is 5.32 Å². The summed E-state index contributed by atoms with van der Waals surface area (Å²) < 4.78 is 5.17. The van der Waals surface area contributed by atoms with E-state index in [0.29, 0.717) is 17.5 Å². The predicted octanol–water partition coefficient (Wildman–Crippen LogP) is 1.11. The van der Waals surface area contributed by atoms with Crippen LogP contribution in [0.3, 0.4) is 0 Å². The van der Waals surface area contributed by atoms with Gasteiger partial charge in [0, 0.05) is 5.75 Å². The summed E-state index contributed by atoms with van der Waals surface area (Å²) in [5, 5.41) is 3.75. The van der Waals surface area contributed by atoms with Crippen LogP contribution < -0.4 is 11.1 Å². The fourth-order valence-corrected chi connectivity index (χ4v) is 3.40. The topological polar surface area (TPSA) is 64.3 Å². The van der Waals surface area contributed by atoms with Gasteiger partial charge in [0.15, 0.2) is 0 Å². The highest BCUT2D eigenvalue weighted by Gasteiger charge is 2.39. The Labute approximate surface area is 118 Å². The molecule has 1 aromatic carbocycles. The second kappa shape index (κ2) is 6.41. The molecule has 1 fully saturated rings. The highest BCUT2D eigenvalue weighted by atomic mass is 32.2. The van der Waals surface area contributed by atoms with Crippen molar-refractivity contribution in [2.45, 2.75) is 17.7 Å². The minimum atomic E-state index is -0.795. The SMILES string of the molecule is CCNC(CSC1COC1)(C(N)=O)c1ccccc1. The van der Waals surface area contributed by atoms with Crippen LogP contribution >= 0.6 is 11.8 Å². The fraction of sp³-hybridized carbons (Fsp3) is 0.500. The first-order valence-electron chi connectivity index (χ1n) is 6.49. The zero-order valence-corrected chi connectivity index (χ0v) is 11.9. The van der Waals surface area contributed by atoms with E-state index in [9.17, 15) is 4.79 Å². The van der Waals surface area contributed by atoms with Gasteiger partial charge in [-0.3, -0.25) is 10.1 Å². The van der Waals surface area contributed by atoms with Crippen LogP contribution in [-0.4, -0.2) is 36.7 Å². The number of benzene rings is 1. The second-order valence-corrected chi connectivity index (χ2v) is 5.93. The smallest absolute Gasteiger partial charge is 0.243 e.